The van der Waals surface area contributed by atoms with Gasteiger partial charge in [0.25, 0.3) is 0 Å². The standard InChI is InChI=1S/C9H8IN3O3S/c10-6-1-2-7(13-9(14)3-4-11)8(5-6)17(12,15)16/h1-2,5H,3H2,(H,13,14)(H2,12,15,16). The number of nitrogens with two attached hydrogens (primary N) is 1. The molecule has 0 saturated heterocycles. The van der Waals surface area contributed by atoms with Crippen molar-refractivity contribution in [3.05, 3.63) is 21.8 Å². The normalized spacial score (nSPS) is 10.6. The predicted octanol–water partition coefficient (Wildman–Crippen LogP) is 0.791. The van der Waals surface area contributed by atoms with Crippen LogP contribution in [-0.4, -0.2) is 14.3 Å². The maximum Gasteiger partial charge on any atom is 0.240 e. The van der Waals surface area contributed by atoms with Crippen LogP contribution < -0.4 is 10.5 Å². The van der Waals surface area contributed by atoms with Crippen molar-refractivity contribution in [2.24, 2.45) is 5.14 Å². The Morgan fingerprint density at radius 3 is 2.71 bits per heavy atom. The molecule has 0 fully saturated rings. The topological polar surface area (TPSA) is 113 Å². The minimum atomic E-state index is -3.92. The van der Waals surface area contributed by atoms with Crippen molar-refractivity contribution < 1.29 is 13.2 Å². The van der Waals surface area contributed by atoms with Crippen molar-refractivity contribution in [2.75, 3.05) is 5.32 Å². The van der Waals surface area contributed by atoms with Gasteiger partial charge in [-0.2, -0.15) is 5.26 Å². The number of anilines is 1. The Morgan fingerprint density at radius 2 is 2.18 bits per heavy atom. The molecule has 0 saturated carbocycles. The lowest BCUT2D eigenvalue weighted by Crippen LogP contribution is -2.18. The average molecular weight is 365 g/mol. The number of amides is 1. The van der Waals surface area contributed by atoms with Gasteiger partial charge in [0.2, 0.25) is 15.9 Å². The smallest absolute Gasteiger partial charge is 0.240 e. The summed E-state index contributed by atoms with van der Waals surface area (Å²) in [7, 11) is -3.92. The highest BCUT2D eigenvalue weighted by Gasteiger charge is 2.16. The highest BCUT2D eigenvalue weighted by Crippen LogP contribution is 2.22. The first-order valence-electron chi connectivity index (χ1n) is 4.34. The zero-order valence-electron chi connectivity index (χ0n) is 8.47. The van der Waals surface area contributed by atoms with Gasteiger partial charge in [0.05, 0.1) is 11.8 Å². The van der Waals surface area contributed by atoms with E-state index in [9.17, 15) is 13.2 Å². The molecule has 8 heteroatoms. The minimum Gasteiger partial charge on any atom is -0.324 e. The van der Waals surface area contributed by atoms with Gasteiger partial charge in [-0.25, -0.2) is 13.6 Å². The number of sulfonamides is 1. The van der Waals surface area contributed by atoms with E-state index in [1.165, 1.54) is 12.1 Å². The van der Waals surface area contributed by atoms with Gasteiger partial charge in [0, 0.05) is 3.57 Å². The first-order chi connectivity index (χ1) is 7.84. The third-order valence-electron chi connectivity index (χ3n) is 1.76. The van der Waals surface area contributed by atoms with E-state index in [-0.39, 0.29) is 17.0 Å². The molecule has 90 valence electrons. The molecule has 0 atom stereocenters. The van der Waals surface area contributed by atoms with Gasteiger partial charge in [0.1, 0.15) is 11.3 Å². The molecule has 17 heavy (non-hydrogen) atoms. The van der Waals surface area contributed by atoms with E-state index in [2.05, 4.69) is 5.32 Å². The summed E-state index contributed by atoms with van der Waals surface area (Å²) in [4.78, 5) is 11.0. The van der Waals surface area contributed by atoms with E-state index in [0.717, 1.165) is 0 Å². The number of rotatable bonds is 3. The van der Waals surface area contributed by atoms with Gasteiger partial charge < -0.3 is 5.32 Å². The van der Waals surface area contributed by atoms with Crippen molar-refractivity contribution in [3.63, 3.8) is 0 Å². The van der Waals surface area contributed by atoms with Gasteiger partial charge >= 0.3 is 0 Å². The van der Waals surface area contributed by atoms with Gasteiger partial charge in [-0.15, -0.1) is 0 Å². The fourth-order valence-corrected chi connectivity index (χ4v) is 2.52. The Bertz CT molecular complexity index is 592. The molecule has 6 nitrogen and oxygen atoms in total. The van der Waals surface area contributed by atoms with Crippen LogP contribution in [0.15, 0.2) is 23.1 Å². The molecule has 0 radical (unpaired) electrons. The fourth-order valence-electron chi connectivity index (χ4n) is 1.10. The van der Waals surface area contributed by atoms with Gasteiger partial charge in [-0.05, 0) is 40.8 Å². The molecule has 1 aromatic rings. The quantitative estimate of drug-likeness (QED) is 0.771. The van der Waals surface area contributed by atoms with Crippen molar-refractivity contribution in [1.82, 2.24) is 0 Å². The second kappa shape index (κ2) is 5.44. The molecule has 0 bridgehead atoms. The molecule has 0 aliphatic heterocycles. The number of nitriles is 1. The number of halogens is 1. The number of nitrogens with one attached hydrogen (secondary N) is 1. The first kappa shape index (κ1) is 13.9. The average Bonchev–Trinajstić information content (AvgIpc) is 2.19. The summed E-state index contributed by atoms with van der Waals surface area (Å²) in [6, 6.07) is 6.06. The van der Waals surface area contributed by atoms with E-state index >= 15 is 0 Å². The molecule has 0 heterocycles. The number of nitrogens with zero attached hydrogens (tertiary/aromatic N) is 1. The summed E-state index contributed by atoms with van der Waals surface area (Å²) in [6.07, 6.45) is -0.351. The van der Waals surface area contributed by atoms with Crippen molar-refractivity contribution in [2.45, 2.75) is 11.3 Å². The van der Waals surface area contributed by atoms with E-state index in [1.54, 1.807) is 12.1 Å². The van der Waals surface area contributed by atoms with Crippen molar-refractivity contribution in [3.8, 4) is 6.07 Å². The Balaban J connectivity index is 3.17. The zero-order chi connectivity index (χ0) is 13.1. The highest BCUT2D eigenvalue weighted by molar-refractivity contribution is 14.1. The largest absolute Gasteiger partial charge is 0.324 e. The number of carbonyl (C=O) groups excluding carboxylic acids is 1. The molecule has 0 spiro atoms. The third kappa shape index (κ3) is 3.95. The van der Waals surface area contributed by atoms with Crippen LogP contribution in [0.25, 0.3) is 0 Å². The van der Waals surface area contributed by atoms with Crippen molar-refractivity contribution in [1.29, 1.82) is 5.26 Å². The van der Waals surface area contributed by atoms with Crippen molar-refractivity contribution >= 4 is 44.2 Å². The number of hydrogen-bond donors (Lipinski definition) is 2. The van der Waals surface area contributed by atoms with Crippen LogP contribution in [0.4, 0.5) is 5.69 Å². The lowest BCUT2D eigenvalue weighted by atomic mass is 10.3. The highest BCUT2D eigenvalue weighted by atomic mass is 127. The summed E-state index contributed by atoms with van der Waals surface area (Å²) >= 11 is 1.93. The molecule has 0 unspecified atom stereocenters. The third-order valence-corrected chi connectivity index (χ3v) is 3.39. The lowest BCUT2D eigenvalue weighted by Gasteiger charge is -2.08. The van der Waals surface area contributed by atoms with Gasteiger partial charge in [-0.1, -0.05) is 0 Å². The van der Waals surface area contributed by atoms with E-state index in [0.29, 0.717) is 3.57 Å². The summed E-state index contributed by atoms with van der Waals surface area (Å²) in [5.41, 5.74) is 0.0770. The summed E-state index contributed by atoms with van der Waals surface area (Å²) in [5, 5.41) is 15.7. The molecule has 0 aromatic heterocycles. The zero-order valence-corrected chi connectivity index (χ0v) is 11.4. The Kier molecular flexibility index (Phi) is 4.44. The second-order valence-electron chi connectivity index (χ2n) is 3.07. The number of hydrogen-bond acceptors (Lipinski definition) is 4. The van der Waals surface area contributed by atoms with Crippen LogP contribution in [-0.2, 0) is 14.8 Å². The Hall–Kier alpha value is -1.18. The lowest BCUT2D eigenvalue weighted by molar-refractivity contribution is -0.115. The monoisotopic (exact) mass is 365 g/mol. The molecular weight excluding hydrogens is 357 g/mol. The van der Waals surface area contributed by atoms with Crippen LogP contribution in [0, 0.1) is 14.9 Å². The van der Waals surface area contributed by atoms with Crippen LogP contribution in [0.1, 0.15) is 6.42 Å². The van der Waals surface area contributed by atoms with E-state index < -0.39 is 15.9 Å². The molecule has 0 aliphatic rings. The molecule has 1 aromatic carbocycles. The summed E-state index contributed by atoms with van der Waals surface area (Å²) in [5.74, 6) is -0.585. The predicted molar refractivity (Wildman–Crippen MR) is 69.4 cm³/mol. The number of primary sulfonamides is 1. The summed E-state index contributed by atoms with van der Waals surface area (Å²) in [6.45, 7) is 0. The molecular formula is C9H8IN3O3S. The summed E-state index contributed by atoms with van der Waals surface area (Å²) < 4.78 is 23.3. The molecule has 1 rings (SSSR count). The SMILES string of the molecule is N#CCC(=O)Nc1ccc(I)cc1S(N)(=O)=O. The maximum atomic E-state index is 11.3. The molecule has 1 amide bonds. The second-order valence-corrected chi connectivity index (χ2v) is 5.84. The number of carbonyl (C=O) groups is 1. The van der Waals surface area contributed by atoms with E-state index in [4.69, 9.17) is 10.4 Å². The minimum absolute atomic E-state index is 0.0770. The van der Waals surface area contributed by atoms with Crippen LogP contribution in [0.3, 0.4) is 0 Å². The van der Waals surface area contributed by atoms with Gasteiger partial charge in [-0.3, -0.25) is 4.79 Å². The molecule has 3 N–H and O–H groups in total. The van der Waals surface area contributed by atoms with Gasteiger partial charge in [0.15, 0.2) is 0 Å². The number of benzene rings is 1. The first-order valence-corrected chi connectivity index (χ1v) is 6.96. The van der Waals surface area contributed by atoms with Crippen LogP contribution in [0.5, 0.6) is 0 Å². The van der Waals surface area contributed by atoms with E-state index in [1.807, 2.05) is 22.6 Å². The maximum absolute atomic E-state index is 11.3. The van der Waals surface area contributed by atoms with Crippen LogP contribution >= 0.6 is 22.6 Å². The fraction of sp³-hybridized carbons (Fsp3) is 0.111. The Labute approximate surface area is 112 Å². The molecule has 0 aliphatic carbocycles. The van der Waals surface area contributed by atoms with Crippen LogP contribution in [0.2, 0.25) is 0 Å². The Morgan fingerprint density at radius 1 is 1.53 bits per heavy atom.